The van der Waals surface area contributed by atoms with Crippen molar-refractivity contribution >= 4 is 0 Å². The standard InChI is InChI=1S/C12H12N2O3/c1-16-10-3-2-4-11(5-10)17-12-7-13-6-9(8-15)14-12/h2-7,15H,8H2,1H3. The van der Waals surface area contributed by atoms with E-state index in [0.717, 1.165) is 0 Å². The Morgan fingerprint density at radius 3 is 2.82 bits per heavy atom. The second-order valence-electron chi connectivity index (χ2n) is 3.29. The van der Waals surface area contributed by atoms with Gasteiger partial charge >= 0.3 is 0 Å². The Balaban J connectivity index is 2.18. The second kappa shape index (κ2) is 5.27. The van der Waals surface area contributed by atoms with Gasteiger partial charge in [-0.05, 0) is 12.1 Å². The zero-order valence-corrected chi connectivity index (χ0v) is 9.33. The predicted octanol–water partition coefficient (Wildman–Crippen LogP) is 1.77. The van der Waals surface area contributed by atoms with Crippen molar-refractivity contribution in [2.75, 3.05) is 7.11 Å². The largest absolute Gasteiger partial charge is 0.497 e. The number of aromatic nitrogens is 2. The molecule has 88 valence electrons. The third kappa shape index (κ3) is 2.92. The minimum absolute atomic E-state index is 0.164. The van der Waals surface area contributed by atoms with Gasteiger partial charge in [0.1, 0.15) is 11.5 Å². The molecule has 0 bridgehead atoms. The average Bonchev–Trinajstić information content (AvgIpc) is 2.39. The van der Waals surface area contributed by atoms with Crippen LogP contribution < -0.4 is 9.47 Å². The van der Waals surface area contributed by atoms with Crippen LogP contribution in [0.4, 0.5) is 0 Å². The van der Waals surface area contributed by atoms with Crippen molar-refractivity contribution in [3.8, 4) is 17.4 Å². The maximum absolute atomic E-state index is 8.93. The van der Waals surface area contributed by atoms with E-state index in [-0.39, 0.29) is 6.61 Å². The Bertz CT molecular complexity index is 457. The molecule has 1 aromatic carbocycles. The molecule has 1 aromatic heterocycles. The Kier molecular flexibility index (Phi) is 3.52. The summed E-state index contributed by atoms with van der Waals surface area (Å²) >= 11 is 0. The van der Waals surface area contributed by atoms with Crippen LogP contribution in [0.2, 0.25) is 0 Å². The second-order valence-corrected chi connectivity index (χ2v) is 3.29. The van der Waals surface area contributed by atoms with Gasteiger partial charge in [0.05, 0.1) is 31.8 Å². The van der Waals surface area contributed by atoms with Crippen LogP contribution in [0.25, 0.3) is 0 Å². The first-order valence-corrected chi connectivity index (χ1v) is 5.05. The summed E-state index contributed by atoms with van der Waals surface area (Å²) in [5.74, 6) is 1.65. The summed E-state index contributed by atoms with van der Waals surface area (Å²) in [7, 11) is 1.59. The average molecular weight is 232 g/mol. The summed E-state index contributed by atoms with van der Waals surface area (Å²) in [5, 5.41) is 8.93. The van der Waals surface area contributed by atoms with Crippen LogP contribution in [0.3, 0.4) is 0 Å². The van der Waals surface area contributed by atoms with Gasteiger partial charge in [0.2, 0.25) is 5.88 Å². The molecule has 0 unspecified atom stereocenters. The lowest BCUT2D eigenvalue weighted by Crippen LogP contribution is -1.95. The smallest absolute Gasteiger partial charge is 0.238 e. The maximum Gasteiger partial charge on any atom is 0.238 e. The molecule has 0 aliphatic rings. The number of benzene rings is 1. The molecular formula is C12H12N2O3. The quantitative estimate of drug-likeness (QED) is 0.870. The van der Waals surface area contributed by atoms with Crippen LogP contribution in [0, 0.1) is 0 Å². The summed E-state index contributed by atoms with van der Waals surface area (Å²) in [5.41, 5.74) is 0.463. The van der Waals surface area contributed by atoms with Crippen LogP contribution in [0.1, 0.15) is 5.69 Å². The summed E-state index contributed by atoms with van der Waals surface area (Å²) in [4.78, 5) is 7.98. The third-order valence-electron chi connectivity index (χ3n) is 2.09. The topological polar surface area (TPSA) is 64.5 Å². The molecule has 0 radical (unpaired) electrons. The summed E-state index contributed by atoms with van der Waals surface area (Å²) < 4.78 is 10.6. The van der Waals surface area contributed by atoms with Gasteiger partial charge in [0.15, 0.2) is 0 Å². The first-order chi connectivity index (χ1) is 8.31. The van der Waals surface area contributed by atoms with E-state index in [4.69, 9.17) is 14.6 Å². The number of rotatable bonds is 4. The van der Waals surface area contributed by atoms with Crippen LogP contribution in [0.5, 0.6) is 17.4 Å². The maximum atomic E-state index is 8.93. The number of nitrogens with zero attached hydrogens (tertiary/aromatic N) is 2. The van der Waals surface area contributed by atoms with Crippen LogP contribution in [0.15, 0.2) is 36.7 Å². The van der Waals surface area contributed by atoms with Crippen molar-refractivity contribution in [3.05, 3.63) is 42.4 Å². The Morgan fingerprint density at radius 1 is 1.24 bits per heavy atom. The summed E-state index contributed by atoms with van der Waals surface area (Å²) in [6, 6.07) is 7.17. The van der Waals surface area contributed by atoms with Crippen molar-refractivity contribution in [2.45, 2.75) is 6.61 Å². The molecule has 2 rings (SSSR count). The molecular weight excluding hydrogens is 220 g/mol. The fourth-order valence-electron chi connectivity index (χ4n) is 1.30. The Morgan fingerprint density at radius 2 is 2.06 bits per heavy atom. The first-order valence-electron chi connectivity index (χ1n) is 5.05. The van der Waals surface area contributed by atoms with Gasteiger partial charge < -0.3 is 14.6 Å². The van der Waals surface area contributed by atoms with Crippen molar-refractivity contribution in [3.63, 3.8) is 0 Å². The molecule has 0 amide bonds. The van der Waals surface area contributed by atoms with Crippen molar-refractivity contribution < 1.29 is 14.6 Å². The highest BCUT2D eigenvalue weighted by Crippen LogP contribution is 2.23. The van der Waals surface area contributed by atoms with Crippen LogP contribution in [-0.4, -0.2) is 22.2 Å². The van der Waals surface area contributed by atoms with E-state index in [1.54, 1.807) is 19.2 Å². The number of hydrogen-bond donors (Lipinski definition) is 1. The predicted molar refractivity (Wildman–Crippen MR) is 61.0 cm³/mol. The van der Waals surface area contributed by atoms with Gasteiger partial charge in [0, 0.05) is 6.07 Å². The number of methoxy groups -OCH3 is 1. The minimum Gasteiger partial charge on any atom is -0.497 e. The highest BCUT2D eigenvalue weighted by atomic mass is 16.5. The van der Waals surface area contributed by atoms with E-state index in [2.05, 4.69) is 9.97 Å². The molecule has 0 aliphatic carbocycles. The van der Waals surface area contributed by atoms with E-state index in [0.29, 0.717) is 23.1 Å². The van der Waals surface area contributed by atoms with Gasteiger partial charge in [0.25, 0.3) is 0 Å². The molecule has 1 N–H and O–H groups in total. The van der Waals surface area contributed by atoms with E-state index in [9.17, 15) is 0 Å². The van der Waals surface area contributed by atoms with Crippen molar-refractivity contribution in [1.29, 1.82) is 0 Å². The van der Waals surface area contributed by atoms with Crippen molar-refractivity contribution in [1.82, 2.24) is 9.97 Å². The van der Waals surface area contributed by atoms with Gasteiger partial charge in [-0.2, -0.15) is 0 Å². The molecule has 0 aliphatic heterocycles. The lowest BCUT2D eigenvalue weighted by Gasteiger charge is -2.06. The molecule has 0 saturated carbocycles. The molecule has 5 nitrogen and oxygen atoms in total. The van der Waals surface area contributed by atoms with Gasteiger partial charge in [-0.25, -0.2) is 4.98 Å². The van der Waals surface area contributed by atoms with Crippen LogP contribution >= 0.6 is 0 Å². The number of ether oxygens (including phenoxy) is 2. The zero-order valence-electron chi connectivity index (χ0n) is 9.33. The van der Waals surface area contributed by atoms with E-state index in [1.807, 2.05) is 12.1 Å². The first kappa shape index (κ1) is 11.3. The third-order valence-corrected chi connectivity index (χ3v) is 2.09. The highest BCUT2D eigenvalue weighted by Gasteiger charge is 2.02. The number of aliphatic hydroxyl groups is 1. The summed E-state index contributed by atoms with van der Waals surface area (Å²) in [6.07, 6.45) is 2.97. The summed E-state index contributed by atoms with van der Waals surface area (Å²) in [6.45, 7) is -0.164. The van der Waals surface area contributed by atoms with Crippen molar-refractivity contribution in [2.24, 2.45) is 0 Å². The lowest BCUT2D eigenvalue weighted by molar-refractivity contribution is 0.274. The normalized spacial score (nSPS) is 10.0. The molecule has 1 heterocycles. The van der Waals surface area contributed by atoms with Gasteiger partial charge in [-0.1, -0.05) is 6.07 Å². The Labute approximate surface area is 98.7 Å². The molecule has 0 atom stereocenters. The molecule has 0 fully saturated rings. The molecule has 0 saturated heterocycles. The molecule has 2 aromatic rings. The number of aliphatic hydroxyl groups excluding tert-OH is 1. The van der Waals surface area contributed by atoms with E-state index < -0.39 is 0 Å². The van der Waals surface area contributed by atoms with E-state index in [1.165, 1.54) is 12.4 Å². The zero-order chi connectivity index (χ0) is 12.1. The van der Waals surface area contributed by atoms with Gasteiger partial charge in [-0.3, -0.25) is 4.98 Å². The Hall–Kier alpha value is -2.14. The molecule has 0 spiro atoms. The fourth-order valence-corrected chi connectivity index (χ4v) is 1.30. The van der Waals surface area contributed by atoms with E-state index >= 15 is 0 Å². The van der Waals surface area contributed by atoms with Gasteiger partial charge in [-0.15, -0.1) is 0 Å². The monoisotopic (exact) mass is 232 g/mol. The molecule has 17 heavy (non-hydrogen) atoms. The lowest BCUT2D eigenvalue weighted by atomic mass is 10.3. The molecule has 5 heteroatoms. The minimum atomic E-state index is -0.164. The SMILES string of the molecule is COc1cccc(Oc2cncc(CO)n2)c1. The highest BCUT2D eigenvalue weighted by molar-refractivity contribution is 5.34. The van der Waals surface area contributed by atoms with Crippen LogP contribution in [-0.2, 0) is 6.61 Å². The fraction of sp³-hybridized carbons (Fsp3) is 0.167. The number of hydrogen-bond acceptors (Lipinski definition) is 5.